The fraction of sp³-hybridized carbons (Fsp3) is 0.500. The van der Waals surface area contributed by atoms with Gasteiger partial charge in [-0.25, -0.2) is 0 Å². The molecular weight excluding hydrogens is 196 g/mol. The van der Waals surface area contributed by atoms with Crippen LogP contribution in [0.5, 0.6) is 0 Å². The van der Waals surface area contributed by atoms with E-state index in [0.717, 1.165) is 23.1 Å². The number of pyridine rings is 1. The average molecular weight is 210 g/mol. The molecule has 1 heterocycles. The van der Waals surface area contributed by atoms with E-state index in [0.29, 0.717) is 5.94 Å². The standard InChI is InChI=1S/C10H14N2OS/c11-9-5-12-4-3-10(9)14-7-13-6-8-1-2-8/h3-5,8H,1-2,6-7,11H2. The van der Waals surface area contributed by atoms with Crippen LogP contribution < -0.4 is 5.73 Å². The van der Waals surface area contributed by atoms with E-state index in [9.17, 15) is 0 Å². The number of anilines is 1. The first-order valence-corrected chi connectivity index (χ1v) is 5.75. The normalized spacial score (nSPS) is 15.7. The molecule has 2 N–H and O–H groups in total. The second-order valence-corrected chi connectivity index (χ2v) is 4.45. The Morgan fingerprint density at radius 3 is 3.14 bits per heavy atom. The Hall–Kier alpha value is -0.740. The van der Waals surface area contributed by atoms with Crippen LogP contribution in [0.25, 0.3) is 0 Å². The highest BCUT2D eigenvalue weighted by atomic mass is 32.2. The van der Waals surface area contributed by atoms with Gasteiger partial charge in [0.05, 0.1) is 24.4 Å². The van der Waals surface area contributed by atoms with Crippen LogP contribution in [-0.4, -0.2) is 17.5 Å². The van der Waals surface area contributed by atoms with E-state index in [-0.39, 0.29) is 0 Å². The van der Waals surface area contributed by atoms with Gasteiger partial charge in [0.2, 0.25) is 0 Å². The van der Waals surface area contributed by atoms with Crippen molar-refractivity contribution >= 4 is 17.4 Å². The van der Waals surface area contributed by atoms with Gasteiger partial charge < -0.3 is 10.5 Å². The average Bonchev–Trinajstić information content (AvgIpc) is 2.99. The number of ether oxygens (including phenoxy) is 1. The van der Waals surface area contributed by atoms with Crippen molar-refractivity contribution in [3.05, 3.63) is 18.5 Å². The first kappa shape index (κ1) is 9.80. The second-order valence-electron chi connectivity index (χ2n) is 3.49. The molecule has 0 aliphatic heterocycles. The molecule has 1 saturated carbocycles. The molecule has 0 atom stereocenters. The summed E-state index contributed by atoms with van der Waals surface area (Å²) in [6.45, 7) is 0.901. The fourth-order valence-corrected chi connectivity index (χ4v) is 1.81. The van der Waals surface area contributed by atoms with Gasteiger partial charge in [-0.15, -0.1) is 0 Å². The molecule has 1 fully saturated rings. The molecule has 0 radical (unpaired) electrons. The topological polar surface area (TPSA) is 48.1 Å². The summed E-state index contributed by atoms with van der Waals surface area (Å²) >= 11 is 1.63. The number of hydrogen-bond acceptors (Lipinski definition) is 4. The number of nitrogen functional groups attached to an aromatic ring is 1. The van der Waals surface area contributed by atoms with Crippen molar-refractivity contribution < 1.29 is 4.74 Å². The lowest BCUT2D eigenvalue weighted by molar-refractivity contribution is 0.171. The molecule has 0 bridgehead atoms. The van der Waals surface area contributed by atoms with E-state index in [1.54, 1.807) is 24.2 Å². The number of hydrogen-bond donors (Lipinski definition) is 1. The predicted molar refractivity (Wildman–Crippen MR) is 58.0 cm³/mol. The first-order chi connectivity index (χ1) is 6.86. The summed E-state index contributed by atoms with van der Waals surface area (Å²) < 4.78 is 5.50. The zero-order valence-corrected chi connectivity index (χ0v) is 8.80. The van der Waals surface area contributed by atoms with Gasteiger partial charge in [0, 0.05) is 11.1 Å². The van der Waals surface area contributed by atoms with Crippen LogP contribution in [-0.2, 0) is 4.74 Å². The van der Waals surface area contributed by atoms with E-state index >= 15 is 0 Å². The molecule has 1 aliphatic rings. The molecule has 2 rings (SSSR count). The Kier molecular flexibility index (Phi) is 3.26. The lowest BCUT2D eigenvalue weighted by Gasteiger charge is -2.04. The van der Waals surface area contributed by atoms with Gasteiger partial charge in [-0.2, -0.15) is 0 Å². The van der Waals surface area contributed by atoms with Crippen LogP contribution in [0.3, 0.4) is 0 Å². The molecule has 0 spiro atoms. The number of nitrogens with two attached hydrogens (primary N) is 1. The SMILES string of the molecule is Nc1cnccc1SCOCC1CC1. The summed E-state index contributed by atoms with van der Waals surface area (Å²) in [7, 11) is 0. The molecule has 1 aliphatic carbocycles. The summed E-state index contributed by atoms with van der Waals surface area (Å²) in [5.41, 5.74) is 6.47. The van der Waals surface area contributed by atoms with Crippen LogP contribution in [0.4, 0.5) is 5.69 Å². The third-order valence-corrected chi connectivity index (χ3v) is 3.13. The summed E-state index contributed by atoms with van der Waals surface area (Å²) in [6.07, 6.45) is 6.09. The molecule has 1 aromatic heterocycles. The van der Waals surface area contributed by atoms with E-state index in [1.807, 2.05) is 6.07 Å². The molecular formula is C10H14N2OS. The smallest absolute Gasteiger partial charge is 0.0967 e. The van der Waals surface area contributed by atoms with Gasteiger partial charge in [0.15, 0.2) is 0 Å². The summed E-state index contributed by atoms with van der Waals surface area (Å²) in [4.78, 5) is 4.98. The molecule has 14 heavy (non-hydrogen) atoms. The molecule has 0 aromatic carbocycles. The van der Waals surface area contributed by atoms with Crippen molar-refractivity contribution in [3.63, 3.8) is 0 Å². The van der Waals surface area contributed by atoms with Crippen LogP contribution in [0.1, 0.15) is 12.8 Å². The van der Waals surface area contributed by atoms with Gasteiger partial charge in [-0.3, -0.25) is 4.98 Å². The second kappa shape index (κ2) is 4.66. The molecule has 3 nitrogen and oxygen atoms in total. The summed E-state index contributed by atoms with van der Waals surface area (Å²) in [5.74, 6) is 1.51. The van der Waals surface area contributed by atoms with Crippen molar-refractivity contribution in [1.29, 1.82) is 0 Å². The largest absolute Gasteiger partial charge is 0.397 e. The Morgan fingerprint density at radius 2 is 2.43 bits per heavy atom. The zero-order chi connectivity index (χ0) is 9.80. The van der Waals surface area contributed by atoms with Crippen molar-refractivity contribution in [2.75, 3.05) is 18.3 Å². The molecule has 1 aromatic rings. The highest BCUT2D eigenvalue weighted by molar-refractivity contribution is 7.99. The lowest BCUT2D eigenvalue weighted by atomic mass is 10.4. The highest BCUT2D eigenvalue weighted by Gasteiger charge is 2.20. The summed E-state index contributed by atoms with van der Waals surface area (Å²) in [5, 5.41) is 0. The quantitative estimate of drug-likeness (QED) is 0.459. The third-order valence-electron chi connectivity index (χ3n) is 2.16. The maximum Gasteiger partial charge on any atom is 0.0967 e. The Morgan fingerprint density at radius 1 is 1.57 bits per heavy atom. The molecule has 4 heteroatoms. The minimum absolute atomic E-state index is 0.685. The van der Waals surface area contributed by atoms with Crippen LogP contribution in [0.15, 0.2) is 23.4 Å². The van der Waals surface area contributed by atoms with Gasteiger partial charge in [-0.05, 0) is 24.8 Å². The van der Waals surface area contributed by atoms with E-state index < -0.39 is 0 Å². The molecule has 0 saturated heterocycles. The van der Waals surface area contributed by atoms with Crippen molar-refractivity contribution in [3.8, 4) is 0 Å². The molecule has 0 unspecified atom stereocenters. The van der Waals surface area contributed by atoms with E-state index in [1.165, 1.54) is 12.8 Å². The van der Waals surface area contributed by atoms with Crippen LogP contribution in [0, 0.1) is 5.92 Å². The summed E-state index contributed by atoms with van der Waals surface area (Å²) in [6, 6.07) is 1.92. The maximum atomic E-state index is 5.74. The van der Waals surface area contributed by atoms with E-state index in [2.05, 4.69) is 4.98 Å². The van der Waals surface area contributed by atoms with Crippen molar-refractivity contribution in [2.45, 2.75) is 17.7 Å². The van der Waals surface area contributed by atoms with Gasteiger partial charge in [-0.1, -0.05) is 11.8 Å². The minimum atomic E-state index is 0.685. The van der Waals surface area contributed by atoms with Gasteiger partial charge in [0.25, 0.3) is 0 Å². The number of rotatable bonds is 5. The van der Waals surface area contributed by atoms with Gasteiger partial charge >= 0.3 is 0 Å². The number of nitrogens with zero attached hydrogens (tertiary/aromatic N) is 1. The lowest BCUT2D eigenvalue weighted by Crippen LogP contribution is -1.96. The Labute approximate surface area is 88.0 Å². The van der Waals surface area contributed by atoms with Gasteiger partial charge in [0.1, 0.15) is 0 Å². The van der Waals surface area contributed by atoms with Crippen molar-refractivity contribution in [1.82, 2.24) is 4.98 Å². The predicted octanol–water partition coefficient (Wildman–Crippen LogP) is 2.14. The molecule has 0 amide bonds. The fourth-order valence-electron chi connectivity index (χ4n) is 1.13. The third kappa shape index (κ3) is 2.89. The number of thioether (sulfide) groups is 1. The minimum Gasteiger partial charge on any atom is -0.397 e. The number of aromatic nitrogens is 1. The van der Waals surface area contributed by atoms with Crippen LogP contribution in [0.2, 0.25) is 0 Å². The van der Waals surface area contributed by atoms with Crippen molar-refractivity contribution in [2.24, 2.45) is 5.92 Å². The zero-order valence-electron chi connectivity index (χ0n) is 7.98. The first-order valence-electron chi connectivity index (χ1n) is 4.76. The Bertz CT molecular complexity index is 302. The van der Waals surface area contributed by atoms with E-state index in [4.69, 9.17) is 10.5 Å². The molecule has 76 valence electrons. The van der Waals surface area contributed by atoms with Crippen LogP contribution >= 0.6 is 11.8 Å². The highest BCUT2D eigenvalue weighted by Crippen LogP contribution is 2.30. The maximum absolute atomic E-state index is 5.74. The Balaban J connectivity index is 1.71. The monoisotopic (exact) mass is 210 g/mol.